The first-order chi connectivity index (χ1) is 10.5. The van der Waals surface area contributed by atoms with E-state index in [1.165, 1.54) is 0 Å². The fraction of sp³-hybridized carbons (Fsp3) is 0.571. The van der Waals surface area contributed by atoms with Crippen LogP contribution in [0, 0.1) is 5.82 Å². The molecule has 23 heavy (non-hydrogen) atoms. The number of rotatable bonds is 3. The van der Waals surface area contributed by atoms with Gasteiger partial charge in [-0.25, -0.2) is 12.8 Å². The SMILES string of the molecule is CN(C)C1CCN(c2ccc(F)cc2S(=O)(=O)C(F)(F)F)CC1. The molecule has 1 saturated heterocycles. The summed E-state index contributed by atoms with van der Waals surface area (Å²) in [6.45, 7) is 0.823. The van der Waals surface area contributed by atoms with E-state index in [1.807, 2.05) is 19.0 Å². The molecule has 1 fully saturated rings. The number of anilines is 1. The first kappa shape index (κ1) is 18.0. The maximum Gasteiger partial charge on any atom is 0.501 e. The van der Waals surface area contributed by atoms with E-state index < -0.39 is 26.1 Å². The van der Waals surface area contributed by atoms with Crippen LogP contribution in [0.15, 0.2) is 23.1 Å². The van der Waals surface area contributed by atoms with Gasteiger partial charge in [-0.15, -0.1) is 0 Å². The van der Waals surface area contributed by atoms with Gasteiger partial charge in [-0.3, -0.25) is 0 Å². The number of sulfone groups is 1. The Kier molecular flexibility index (Phi) is 4.91. The van der Waals surface area contributed by atoms with Crippen molar-refractivity contribution in [3.63, 3.8) is 0 Å². The Morgan fingerprint density at radius 2 is 1.74 bits per heavy atom. The van der Waals surface area contributed by atoms with Gasteiger partial charge < -0.3 is 9.80 Å². The summed E-state index contributed by atoms with van der Waals surface area (Å²) in [7, 11) is -1.77. The van der Waals surface area contributed by atoms with Gasteiger partial charge in [0, 0.05) is 19.1 Å². The number of hydrogen-bond acceptors (Lipinski definition) is 4. The highest BCUT2D eigenvalue weighted by Gasteiger charge is 2.48. The molecule has 0 saturated carbocycles. The van der Waals surface area contributed by atoms with Crippen LogP contribution >= 0.6 is 0 Å². The number of piperidine rings is 1. The first-order valence-corrected chi connectivity index (χ1v) is 8.54. The molecule has 1 aromatic rings. The molecular formula is C14H18F4N2O2S. The molecule has 2 rings (SSSR count). The highest BCUT2D eigenvalue weighted by molar-refractivity contribution is 7.92. The second-order valence-electron chi connectivity index (χ2n) is 5.74. The molecule has 1 aliphatic rings. The van der Waals surface area contributed by atoms with Gasteiger partial charge >= 0.3 is 5.51 Å². The zero-order chi connectivity index (χ0) is 17.4. The summed E-state index contributed by atoms with van der Waals surface area (Å²) in [5.41, 5.74) is -5.56. The number of hydrogen-bond donors (Lipinski definition) is 0. The minimum Gasteiger partial charge on any atom is -0.370 e. The summed E-state index contributed by atoms with van der Waals surface area (Å²) in [6.07, 6.45) is 1.38. The smallest absolute Gasteiger partial charge is 0.370 e. The van der Waals surface area contributed by atoms with Gasteiger partial charge in [-0.1, -0.05) is 0 Å². The monoisotopic (exact) mass is 354 g/mol. The van der Waals surface area contributed by atoms with E-state index in [-0.39, 0.29) is 11.7 Å². The number of benzene rings is 1. The van der Waals surface area contributed by atoms with Crippen LogP contribution in [0.25, 0.3) is 0 Å². The third-order valence-electron chi connectivity index (χ3n) is 4.05. The molecule has 0 N–H and O–H groups in total. The van der Waals surface area contributed by atoms with Gasteiger partial charge in [0.05, 0.1) is 5.69 Å². The van der Waals surface area contributed by atoms with Crippen LogP contribution in [0.5, 0.6) is 0 Å². The molecule has 1 heterocycles. The van der Waals surface area contributed by atoms with Crippen LogP contribution in [0.3, 0.4) is 0 Å². The van der Waals surface area contributed by atoms with Crippen molar-refractivity contribution < 1.29 is 26.0 Å². The van der Waals surface area contributed by atoms with E-state index in [4.69, 9.17) is 0 Å². The molecule has 9 heteroatoms. The molecule has 0 atom stereocenters. The Hall–Kier alpha value is -1.35. The van der Waals surface area contributed by atoms with Crippen molar-refractivity contribution in [2.75, 3.05) is 32.1 Å². The lowest BCUT2D eigenvalue weighted by molar-refractivity contribution is -0.0435. The molecule has 0 aliphatic carbocycles. The van der Waals surface area contributed by atoms with E-state index in [2.05, 4.69) is 0 Å². The quantitative estimate of drug-likeness (QED) is 0.783. The van der Waals surface area contributed by atoms with Crippen molar-refractivity contribution in [2.24, 2.45) is 0 Å². The summed E-state index contributed by atoms with van der Waals surface area (Å²) in [5, 5.41) is 0. The minimum absolute atomic E-state index is 0.0964. The van der Waals surface area contributed by atoms with Gasteiger partial charge in [-0.2, -0.15) is 13.2 Å². The summed E-state index contributed by atoms with van der Waals surface area (Å²) in [5.74, 6) is -1.01. The lowest BCUT2D eigenvalue weighted by atomic mass is 10.0. The second kappa shape index (κ2) is 6.27. The number of alkyl halides is 3. The standard InChI is InChI=1S/C14H18F4N2O2S/c1-19(2)11-5-7-20(8-6-11)12-4-3-10(15)9-13(12)23(21,22)14(16,17)18/h3-4,9,11H,5-8H2,1-2H3. The molecule has 1 aromatic carbocycles. The van der Waals surface area contributed by atoms with Gasteiger partial charge in [0.25, 0.3) is 9.84 Å². The van der Waals surface area contributed by atoms with Crippen molar-refractivity contribution in [2.45, 2.75) is 29.3 Å². The lowest BCUT2D eigenvalue weighted by Crippen LogP contribution is -2.42. The van der Waals surface area contributed by atoms with Crippen molar-refractivity contribution in [1.82, 2.24) is 4.90 Å². The largest absolute Gasteiger partial charge is 0.501 e. The van der Waals surface area contributed by atoms with Gasteiger partial charge in [0.2, 0.25) is 0 Å². The van der Waals surface area contributed by atoms with Crippen molar-refractivity contribution in [1.29, 1.82) is 0 Å². The predicted molar refractivity (Wildman–Crippen MR) is 78.6 cm³/mol. The maximum absolute atomic E-state index is 13.3. The van der Waals surface area contributed by atoms with E-state index in [9.17, 15) is 26.0 Å². The Morgan fingerprint density at radius 3 is 2.22 bits per heavy atom. The zero-order valence-electron chi connectivity index (χ0n) is 12.8. The Morgan fingerprint density at radius 1 is 1.17 bits per heavy atom. The molecule has 1 aliphatic heterocycles. The fourth-order valence-electron chi connectivity index (χ4n) is 2.71. The molecule has 0 amide bonds. The molecule has 0 bridgehead atoms. The summed E-state index contributed by atoms with van der Waals surface area (Å²) in [4.78, 5) is 2.57. The van der Waals surface area contributed by atoms with Crippen LogP contribution in [0.4, 0.5) is 23.2 Å². The number of halogens is 4. The summed E-state index contributed by atoms with van der Waals surface area (Å²) >= 11 is 0. The van der Waals surface area contributed by atoms with Crippen molar-refractivity contribution in [3.8, 4) is 0 Å². The van der Waals surface area contributed by atoms with Crippen LogP contribution < -0.4 is 4.90 Å². The summed E-state index contributed by atoms with van der Waals surface area (Å²) in [6, 6.07) is 2.80. The average Bonchev–Trinajstić information content (AvgIpc) is 2.46. The van der Waals surface area contributed by atoms with E-state index in [1.54, 1.807) is 4.90 Å². The molecule has 0 radical (unpaired) electrons. The third-order valence-corrected chi connectivity index (χ3v) is 5.57. The molecule has 0 aromatic heterocycles. The van der Waals surface area contributed by atoms with Crippen LogP contribution in [-0.2, 0) is 9.84 Å². The highest BCUT2D eigenvalue weighted by Crippen LogP contribution is 2.37. The lowest BCUT2D eigenvalue weighted by Gasteiger charge is -2.37. The van der Waals surface area contributed by atoms with Crippen LogP contribution in [0.1, 0.15) is 12.8 Å². The fourth-order valence-corrected chi connectivity index (χ4v) is 3.70. The van der Waals surface area contributed by atoms with Crippen molar-refractivity contribution >= 4 is 15.5 Å². The van der Waals surface area contributed by atoms with E-state index in [0.29, 0.717) is 32.0 Å². The van der Waals surface area contributed by atoms with Crippen LogP contribution in [0.2, 0.25) is 0 Å². The Balaban J connectivity index is 2.38. The van der Waals surface area contributed by atoms with E-state index in [0.717, 1.165) is 12.1 Å². The molecule has 0 spiro atoms. The second-order valence-corrected chi connectivity index (χ2v) is 7.65. The molecule has 4 nitrogen and oxygen atoms in total. The Labute approximate surface area is 132 Å². The van der Waals surface area contributed by atoms with Gasteiger partial charge in [0.15, 0.2) is 0 Å². The molecule has 130 valence electrons. The maximum atomic E-state index is 13.3. The predicted octanol–water partition coefficient (Wildman–Crippen LogP) is 2.65. The normalized spacial score (nSPS) is 17.8. The first-order valence-electron chi connectivity index (χ1n) is 7.06. The summed E-state index contributed by atoms with van der Waals surface area (Å²) < 4.78 is 75.3. The molecular weight excluding hydrogens is 336 g/mol. The van der Waals surface area contributed by atoms with Gasteiger partial charge in [-0.05, 0) is 45.1 Å². The average molecular weight is 354 g/mol. The molecule has 0 unspecified atom stereocenters. The van der Waals surface area contributed by atoms with E-state index >= 15 is 0 Å². The topological polar surface area (TPSA) is 40.6 Å². The van der Waals surface area contributed by atoms with Gasteiger partial charge in [0.1, 0.15) is 10.7 Å². The van der Waals surface area contributed by atoms with Crippen LogP contribution in [-0.4, -0.2) is 52.1 Å². The third kappa shape index (κ3) is 3.60. The number of nitrogens with zero attached hydrogens (tertiary/aromatic N) is 2. The zero-order valence-corrected chi connectivity index (χ0v) is 13.6. The Bertz CT molecular complexity index is 666. The minimum atomic E-state index is -5.60. The highest BCUT2D eigenvalue weighted by atomic mass is 32.2. The van der Waals surface area contributed by atoms with Crippen molar-refractivity contribution in [3.05, 3.63) is 24.0 Å².